The second-order valence-corrected chi connectivity index (χ2v) is 6.93. The Bertz CT molecular complexity index is 789. The molecule has 0 N–H and O–H groups in total. The number of nitrogens with zero attached hydrogens (tertiary/aromatic N) is 5. The van der Waals surface area contributed by atoms with Crippen LogP contribution in [0.3, 0.4) is 0 Å². The first-order chi connectivity index (χ1) is 12.5. The largest absolute Gasteiger partial charge is 0.354 e. The summed E-state index contributed by atoms with van der Waals surface area (Å²) in [6, 6.07) is 3.23. The molecule has 2 aliphatic rings. The highest BCUT2D eigenvalue weighted by molar-refractivity contribution is 5.94. The van der Waals surface area contributed by atoms with Crippen molar-refractivity contribution < 1.29 is 13.6 Å². The Morgan fingerprint density at radius 1 is 1.00 bits per heavy atom. The Labute approximate surface area is 149 Å². The number of piperidine rings is 1. The lowest BCUT2D eigenvalue weighted by Gasteiger charge is -2.45. The van der Waals surface area contributed by atoms with Crippen LogP contribution in [0.2, 0.25) is 0 Å². The number of likely N-dealkylation sites (tertiary alicyclic amines) is 1. The molecule has 2 aromatic rings. The first-order valence-corrected chi connectivity index (χ1v) is 8.59. The number of halogens is 2. The molecule has 4 rings (SSSR count). The van der Waals surface area contributed by atoms with Crippen LogP contribution in [-0.4, -0.2) is 57.9 Å². The molecule has 2 aliphatic heterocycles. The van der Waals surface area contributed by atoms with E-state index in [1.165, 1.54) is 12.4 Å². The molecule has 26 heavy (non-hydrogen) atoms. The summed E-state index contributed by atoms with van der Waals surface area (Å²) in [5.74, 6) is -2.45. The third-order valence-corrected chi connectivity index (χ3v) is 5.41. The Balaban J connectivity index is 1.57. The van der Waals surface area contributed by atoms with E-state index in [1.807, 2.05) is 4.90 Å². The highest BCUT2D eigenvalue weighted by atomic mass is 19.3. The van der Waals surface area contributed by atoms with Crippen molar-refractivity contribution in [3.05, 3.63) is 48.7 Å². The molecule has 0 aromatic carbocycles. The molecule has 1 spiro atoms. The van der Waals surface area contributed by atoms with E-state index in [2.05, 4.69) is 15.0 Å². The summed E-state index contributed by atoms with van der Waals surface area (Å²) in [5.41, 5.74) is -0.782. The highest BCUT2D eigenvalue weighted by Gasteiger charge is 2.60. The summed E-state index contributed by atoms with van der Waals surface area (Å²) in [7, 11) is 0. The van der Waals surface area contributed by atoms with Gasteiger partial charge in [0.2, 0.25) is 0 Å². The van der Waals surface area contributed by atoms with Crippen molar-refractivity contribution in [3.63, 3.8) is 0 Å². The summed E-state index contributed by atoms with van der Waals surface area (Å²) < 4.78 is 29.8. The van der Waals surface area contributed by atoms with Crippen molar-refractivity contribution >= 4 is 11.7 Å². The minimum absolute atomic E-state index is 0.0396. The smallest absolute Gasteiger partial charge is 0.258 e. The average molecular weight is 359 g/mol. The number of hydrogen-bond donors (Lipinski definition) is 0. The van der Waals surface area contributed by atoms with Crippen molar-refractivity contribution in [2.45, 2.75) is 18.8 Å². The third kappa shape index (κ3) is 2.79. The van der Waals surface area contributed by atoms with E-state index in [9.17, 15) is 13.6 Å². The van der Waals surface area contributed by atoms with Crippen molar-refractivity contribution in [2.75, 3.05) is 31.1 Å². The number of pyridine rings is 1. The van der Waals surface area contributed by atoms with E-state index in [4.69, 9.17) is 0 Å². The molecule has 136 valence electrons. The normalized spacial score (nSPS) is 24.8. The number of carbonyl (C=O) groups is 1. The van der Waals surface area contributed by atoms with Gasteiger partial charge in [0.15, 0.2) is 0 Å². The second-order valence-electron chi connectivity index (χ2n) is 6.93. The highest BCUT2D eigenvalue weighted by Crippen LogP contribution is 2.50. The van der Waals surface area contributed by atoms with Crippen molar-refractivity contribution in [1.82, 2.24) is 19.9 Å². The number of rotatable bonds is 2. The van der Waals surface area contributed by atoms with Crippen LogP contribution in [0.15, 0.2) is 43.1 Å². The Morgan fingerprint density at radius 2 is 1.81 bits per heavy atom. The molecule has 0 saturated carbocycles. The molecule has 0 bridgehead atoms. The first kappa shape index (κ1) is 16.8. The topological polar surface area (TPSA) is 62.2 Å². The second kappa shape index (κ2) is 6.26. The van der Waals surface area contributed by atoms with Gasteiger partial charge in [-0.1, -0.05) is 0 Å². The zero-order valence-electron chi connectivity index (χ0n) is 14.2. The van der Waals surface area contributed by atoms with Gasteiger partial charge in [0, 0.05) is 63.0 Å². The van der Waals surface area contributed by atoms with Crippen molar-refractivity contribution in [2.24, 2.45) is 5.41 Å². The summed E-state index contributed by atoms with van der Waals surface area (Å²) in [6.07, 6.45) is 7.76. The van der Waals surface area contributed by atoms with Crippen molar-refractivity contribution in [3.8, 4) is 0 Å². The van der Waals surface area contributed by atoms with E-state index in [-0.39, 0.29) is 32.0 Å². The van der Waals surface area contributed by atoms with Gasteiger partial charge in [-0.15, -0.1) is 0 Å². The van der Waals surface area contributed by atoms with Gasteiger partial charge in [-0.25, -0.2) is 13.8 Å². The summed E-state index contributed by atoms with van der Waals surface area (Å²) in [5, 5.41) is 0. The van der Waals surface area contributed by atoms with Crippen LogP contribution >= 0.6 is 0 Å². The van der Waals surface area contributed by atoms with Gasteiger partial charge in [-0.05, 0) is 18.6 Å². The molecule has 0 aliphatic carbocycles. The molecule has 0 unspecified atom stereocenters. The Hall–Kier alpha value is -2.64. The molecule has 2 saturated heterocycles. The van der Waals surface area contributed by atoms with E-state index in [0.717, 1.165) is 0 Å². The van der Waals surface area contributed by atoms with E-state index in [1.54, 1.807) is 35.6 Å². The maximum absolute atomic E-state index is 14.9. The van der Waals surface area contributed by atoms with Crippen LogP contribution in [0.1, 0.15) is 23.2 Å². The quantitative estimate of drug-likeness (QED) is 0.823. The van der Waals surface area contributed by atoms with Crippen LogP contribution in [0, 0.1) is 5.41 Å². The van der Waals surface area contributed by atoms with E-state index in [0.29, 0.717) is 24.3 Å². The molecule has 2 aromatic heterocycles. The van der Waals surface area contributed by atoms with Crippen molar-refractivity contribution in [1.29, 1.82) is 0 Å². The molecule has 4 heterocycles. The average Bonchev–Trinajstić information content (AvgIpc) is 3.11. The zero-order chi connectivity index (χ0) is 18.2. The van der Waals surface area contributed by atoms with Gasteiger partial charge in [0.05, 0.1) is 11.6 Å². The predicted octanol–water partition coefficient (Wildman–Crippen LogP) is 2.25. The molecule has 1 atom stereocenters. The van der Waals surface area contributed by atoms with Gasteiger partial charge < -0.3 is 9.80 Å². The maximum Gasteiger partial charge on any atom is 0.258 e. The molecule has 1 amide bonds. The number of hydrogen-bond acceptors (Lipinski definition) is 5. The van der Waals surface area contributed by atoms with Crippen LogP contribution in [-0.2, 0) is 0 Å². The molecular weight excluding hydrogens is 340 g/mol. The lowest BCUT2D eigenvalue weighted by atomic mass is 9.75. The number of alkyl halides is 2. The first-order valence-electron chi connectivity index (χ1n) is 8.59. The minimum atomic E-state index is -2.82. The van der Waals surface area contributed by atoms with Gasteiger partial charge in [0.25, 0.3) is 11.8 Å². The Kier molecular flexibility index (Phi) is 4.05. The monoisotopic (exact) mass is 359 g/mol. The van der Waals surface area contributed by atoms with Crippen LogP contribution in [0.25, 0.3) is 0 Å². The zero-order valence-corrected chi connectivity index (χ0v) is 14.2. The molecule has 0 radical (unpaired) electrons. The lowest BCUT2D eigenvalue weighted by molar-refractivity contribution is -0.150. The van der Waals surface area contributed by atoms with E-state index >= 15 is 0 Å². The maximum atomic E-state index is 14.9. The third-order valence-electron chi connectivity index (χ3n) is 5.41. The fraction of sp³-hybridized carbons (Fsp3) is 0.444. The molecule has 8 heteroatoms. The van der Waals surface area contributed by atoms with Gasteiger partial charge in [0.1, 0.15) is 5.82 Å². The van der Waals surface area contributed by atoms with Gasteiger partial charge in [-0.3, -0.25) is 14.8 Å². The summed E-state index contributed by atoms with van der Waals surface area (Å²) in [4.78, 5) is 28.2. The number of carbonyl (C=O) groups excluding carboxylic acids is 1. The molecule has 6 nitrogen and oxygen atoms in total. The standard InChI is InChI=1S/C18H19F2N5O/c19-18(20)4-10-25(16(26)14-1-5-21-6-2-14)13-17(18)3-9-24(12-17)15-11-22-7-8-23-15/h1-2,5-8,11H,3-4,9-10,12-13H2/t17-/m0/s1. The van der Waals surface area contributed by atoms with Gasteiger partial charge >= 0.3 is 0 Å². The Morgan fingerprint density at radius 3 is 2.54 bits per heavy atom. The molecular formula is C18H19F2N5O. The number of amides is 1. The van der Waals surface area contributed by atoms with Crippen LogP contribution in [0.4, 0.5) is 14.6 Å². The summed E-state index contributed by atoms with van der Waals surface area (Å²) in [6.45, 7) is 0.739. The number of anilines is 1. The minimum Gasteiger partial charge on any atom is -0.354 e. The lowest BCUT2D eigenvalue weighted by Crippen LogP contribution is -2.58. The van der Waals surface area contributed by atoms with Gasteiger partial charge in [-0.2, -0.15) is 0 Å². The molecule has 2 fully saturated rings. The number of aromatic nitrogens is 3. The fourth-order valence-corrected chi connectivity index (χ4v) is 3.90. The van der Waals surface area contributed by atoms with E-state index < -0.39 is 11.3 Å². The SMILES string of the molecule is O=C(c1ccncc1)N1CCC(F)(F)[C@]2(CCN(c3cnccn3)C2)C1. The summed E-state index contributed by atoms with van der Waals surface area (Å²) >= 11 is 0. The fourth-order valence-electron chi connectivity index (χ4n) is 3.90. The predicted molar refractivity (Wildman–Crippen MR) is 91.0 cm³/mol. The van der Waals surface area contributed by atoms with Crippen LogP contribution in [0.5, 0.6) is 0 Å². The van der Waals surface area contributed by atoms with Crippen LogP contribution < -0.4 is 4.90 Å².